The number of benzene rings is 1. The molecular formula is C11H16N2O4. The number of hydrogen-bond donors (Lipinski definition) is 1. The highest BCUT2D eigenvalue weighted by Crippen LogP contribution is 2.43. The molecule has 0 bridgehead atoms. The van der Waals surface area contributed by atoms with Crippen LogP contribution in [-0.2, 0) is 6.42 Å². The number of methoxy groups -OCH3 is 2. The monoisotopic (exact) mass is 240 g/mol. The third-order valence-corrected chi connectivity index (χ3v) is 2.46. The summed E-state index contributed by atoms with van der Waals surface area (Å²) in [5.74, 6) is 0.469. The quantitative estimate of drug-likeness (QED) is 0.484. The van der Waals surface area contributed by atoms with Gasteiger partial charge in [-0.2, -0.15) is 0 Å². The lowest BCUT2D eigenvalue weighted by Crippen LogP contribution is -2.04. The average Bonchev–Trinajstić information content (AvgIpc) is 2.30. The Hall–Kier alpha value is -1.98. The zero-order valence-electron chi connectivity index (χ0n) is 10.1. The van der Waals surface area contributed by atoms with E-state index < -0.39 is 4.92 Å². The van der Waals surface area contributed by atoms with Gasteiger partial charge in [0, 0.05) is 17.3 Å². The second-order valence-corrected chi connectivity index (χ2v) is 3.54. The number of anilines is 1. The van der Waals surface area contributed by atoms with E-state index in [1.54, 1.807) is 0 Å². The molecule has 0 saturated carbocycles. The summed E-state index contributed by atoms with van der Waals surface area (Å²) in [4.78, 5) is 10.4. The summed E-state index contributed by atoms with van der Waals surface area (Å²) < 4.78 is 10.2. The standard InChI is InChI=1S/C11H16N2O4/c1-4-5-7-8(12)6-9(13(14)15)11(17-3)10(7)16-2/h6H,4-5,12H2,1-3H3. The molecular weight excluding hydrogens is 224 g/mol. The number of rotatable bonds is 5. The lowest BCUT2D eigenvalue weighted by Gasteiger charge is -2.14. The fourth-order valence-corrected chi connectivity index (χ4v) is 1.74. The van der Waals surface area contributed by atoms with Gasteiger partial charge in [0.2, 0.25) is 5.75 Å². The summed E-state index contributed by atoms with van der Waals surface area (Å²) in [5, 5.41) is 10.9. The Morgan fingerprint density at radius 3 is 2.35 bits per heavy atom. The van der Waals surface area contributed by atoms with Crippen LogP contribution >= 0.6 is 0 Å². The second kappa shape index (κ2) is 5.38. The van der Waals surface area contributed by atoms with Crippen molar-refractivity contribution in [3.8, 4) is 11.5 Å². The van der Waals surface area contributed by atoms with E-state index in [0.29, 0.717) is 17.9 Å². The van der Waals surface area contributed by atoms with Gasteiger partial charge in [-0.3, -0.25) is 10.1 Å². The van der Waals surface area contributed by atoms with Crippen molar-refractivity contribution < 1.29 is 14.4 Å². The van der Waals surface area contributed by atoms with Gasteiger partial charge in [-0.15, -0.1) is 0 Å². The lowest BCUT2D eigenvalue weighted by molar-refractivity contribution is -0.385. The second-order valence-electron chi connectivity index (χ2n) is 3.54. The van der Waals surface area contributed by atoms with Crippen LogP contribution in [0.2, 0.25) is 0 Å². The Bertz CT molecular complexity index is 432. The van der Waals surface area contributed by atoms with Crippen LogP contribution in [0, 0.1) is 10.1 Å². The van der Waals surface area contributed by atoms with E-state index in [-0.39, 0.29) is 11.4 Å². The van der Waals surface area contributed by atoms with Crippen molar-refractivity contribution in [1.29, 1.82) is 0 Å². The van der Waals surface area contributed by atoms with Gasteiger partial charge in [0.25, 0.3) is 0 Å². The van der Waals surface area contributed by atoms with Crippen LogP contribution in [0.4, 0.5) is 11.4 Å². The van der Waals surface area contributed by atoms with Crippen molar-refractivity contribution in [2.75, 3.05) is 20.0 Å². The molecule has 0 radical (unpaired) electrons. The highest BCUT2D eigenvalue weighted by Gasteiger charge is 2.25. The highest BCUT2D eigenvalue weighted by molar-refractivity contribution is 5.69. The molecule has 1 aromatic rings. The third kappa shape index (κ3) is 2.41. The Morgan fingerprint density at radius 1 is 1.35 bits per heavy atom. The van der Waals surface area contributed by atoms with E-state index in [1.165, 1.54) is 20.3 Å². The van der Waals surface area contributed by atoms with E-state index >= 15 is 0 Å². The van der Waals surface area contributed by atoms with E-state index in [1.807, 2.05) is 6.92 Å². The maximum absolute atomic E-state index is 10.9. The molecule has 0 amide bonds. The van der Waals surface area contributed by atoms with Gasteiger partial charge in [0.1, 0.15) is 0 Å². The molecule has 0 fully saturated rings. The first kappa shape index (κ1) is 13.1. The topological polar surface area (TPSA) is 87.6 Å². The van der Waals surface area contributed by atoms with E-state index in [9.17, 15) is 10.1 Å². The zero-order valence-corrected chi connectivity index (χ0v) is 10.1. The van der Waals surface area contributed by atoms with Crippen LogP contribution in [0.25, 0.3) is 0 Å². The highest BCUT2D eigenvalue weighted by atomic mass is 16.6. The van der Waals surface area contributed by atoms with Crippen molar-refractivity contribution in [3.05, 3.63) is 21.7 Å². The molecule has 0 aromatic heterocycles. The lowest BCUT2D eigenvalue weighted by atomic mass is 10.0. The SMILES string of the molecule is CCCc1c(N)cc([N+](=O)[O-])c(OC)c1OC. The predicted octanol–water partition coefficient (Wildman–Crippen LogP) is 2.15. The minimum Gasteiger partial charge on any atom is -0.492 e. The molecule has 94 valence electrons. The smallest absolute Gasteiger partial charge is 0.316 e. The average molecular weight is 240 g/mol. The molecule has 0 atom stereocenters. The third-order valence-electron chi connectivity index (χ3n) is 2.46. The van der Waals surface area contributed by atoms with E-state index in [4.69, 9.17) is 15.2 Å². The number of nitrogens with zero attached hydrogens (tertiary/aromatic N) is 1. The van der Waals surface area contributed by atoms with Crippen LogP contribution in [0.3, 0.4) is 0 Å². The molecule has 17 heavy (non-hydrogen) atoms. The van der Waals surface area contributed by atoms with Gasteiger partial charge in [0.05, 0.1) is 19.1 Å². The molecule has 0 spiro atoms. The normalized spacial score (nSPS) is 10.1. The predicted molar refractivity (Wildman–Crippen MR) is 64.6 cm³/mol. The molecule has 0 aliphatic rings. The van der Waals surface area contributed by atoms with E-state index in [2.05, 4.69) is 0 Å². The molecule has 6 heteroatoms. The number of nitro groups is 1. The van der Waals surface area contributed by atoms with Gasteiger partial charge in [-0.25, -0.2) is 0 Å². The van der Waals surface area contributed by atoms with E-state index in [0.717, 1.165) is 12.0 Å². The molecule has 0 heterocycles. The zero-order chi connectivity index (χ0) is 13.0. The summed E-state index contributed by atoms with van der Waals surface area (Å²) in [6.45, 7) is 1.99. The van der Waals surface area contributed by atoms with Crippen LogP contribution in [0.5, 0.6) is 11.5 Å². The maximum Gasteiger partial charge on any atom is 0.316 e. The Morgan fingerprint density at radius 2 is 1.94 bits per heavy atom. The van der Waals surface area contributed by atoms with Crippen LogP contribution < -0.4 is 15.2 Å². The summed E-state index contributed by atoms with van der Waals surface area (Å²) in [6.07, 6.45) is 1.55. The molecule has 1 aromatic carbocycles. The van der Waals surface area contributed by atoms with Crippen LogP contribution in [0.15, 0.2) is 6.07 Å². The Labute approximate surface area is 99.5 Å². The number of nitro benzene ring substituents is 1. The van der Waals surface area contributed by atoms with Gasteiger partial charge in [0.15, 0.2) is 5.75 Å². The van der Waals surface area contributed by atoms with Crippen LogP contribution in [0.1, 0.15) is 18.9 Å². The fourth-order valence-electron chi connectivity index (χ4n) is 1.74. The molecule has 0 aliphatic carbocycles. The minimum absolute atomic E-state index is 0.121. The van der Waals surface area contributed by atoms with Crippen molar-refractivity contribution in [2.45, 2.75) is 19.8 Å². The van der Waals surface area contributed by atoms with Gasteiger partial charge in [-0.1, -0.05) is 13.3 Å². The largest absolute Gasteiger partial charge is 0.492 e. The summed E-state index contributed by atoms with van der Waals surface area (Å²) in [7, 11) is 2.82. The fraction of sp³-hybridized carbons (Fsp3) is 0.455. The van der Waals surface area contributed by atoms with Crippen molar-refractivity contribution in [2.24, 2.45) is 0 Å². The summed E-state index contributed by atoms with van der Waals surface area (Å²) in [5.41, 5.74) is 6.73. The molecule has 0 aliphatic heterocycles. The molecule has 1 rings (SSSR count). The van der Waals surface area contributed by atoms with Gasteiger partial charge < -0.3 is 15.2 Å². The first-order chi connectivity index (χ1) is 8.06. The van der Waals surface area contributed by atoms with Crippen molar-refractivity contribution >= 4 is 11.4 Å². The Kier molecular flexibility index (Phi) is 4.14. The number of nitrogen functional groups attached to an aromatic ring is 1. The summed E-state index contributed by atoms with van der Waals surface area (Å²) >= 11 is 0. The van der Waals surface area contributed by atoms with Crippen molar-refractivity contribution in [1.82, 2.24) is 0 Å². The van der Waals surface area contributed by atoms with Gasteiger partial charge >= 0.3 is 5.69 Å². The number of nitrogens with two attached hydrogens (primary N) is 1. The molecule has 2 N–H and O–H groups in total. The number of ether oxygens (including phenoxy) is 2. The first-order valence-electron chi connectivity index (χ1n) is 5.24. The van der Waals surface area contributed by atoms with Crippen LogP contribution in [-0.4, -0.2) is 19.1 Å². The first-order valence-corrected chi connectivity index (χ1v) is 5.24. The molecule has 0 unspecified atom stereocenters. The Balaban J connectivity index is 3.50. The summed E-state index contributed by atoms with van der Waals surface area (Å²) in [6, 6.07) is 1.31. The molecule has 6 nitrogen and oxygen atoms in total. The number of hydrogen-bond acceptors (Lipinski definition) is 5. The minimum atomic E-state index is -0.534. The maximum atomic E-state index is 10.9. The molecule has 0 saturated heterocycles. The van der Waals surface area contributed by atoms with Crippen molar-refractivity contribution in [3.63, 3.8) is 0 Å². The van der Waals surface area contributed by atoms with Gasteiger partial charge in [-0.05, 0) is 6.42 Å².